The molecule has 1 fully saturated rings. The van der Waals surface area contributed by atoms with Crippen LogP contribution in [0.3, 0.4) is 0 Å². The molecule has 0 spiro atoms. The Morgan fingerprint density at radius 2 is 1.46 bits per heavy atom. The van der Waals surface area contributed by atoms with Crippen LogP contribution in [0.5, 0.6) is 0 Å². The molecule has 1 rings (SSSR count). The number of aliphatic hydroxyl groups is 1. The third-order valence-corrected chi connectivity index (χ3v) is 7.92. The Labute approximate surface area is 150 Å². The van der Waals surface area contributed by atoms with Gasteiger partial charge >= 0.3 is 5.97 Å². The highest BCUT2D eigenvalue weighted by Crippen LogP contribution is 2.47. The second-order valence-electron chi connectivity index (χ2n) is 10.1. The molecular formula is C20H40O3Si. The third-order valence-electron chi connectivity index (χ3n) is 5.41. The number of carbonyl (C=O) groups is 1. The molecule has 1 aliphatic carbocycles. The highest BCUT2D eigenvalue weighted by molar-refractivity contribution is 6.80. The lowest BCUT2D eigenvalue weighted by atomic mass is 9.72. The van der Waals surface area contributed by atoms with Crippen LogP contribution >= 0.6 is 0 Å². The van der Waals surface area contributed by atoms with E-state index in [0.717, 1.165) is 19.3 Å². The van der Waals surface area contributed by atoms with Gasteiger partial charge in [0.05, 0.1) is 19.2 Å². The average Bonchev–Trinajstić information content (AvgIpc) is 2.30. The Hall–Kier alpha value is -0.353. The summed E-state index contributed by atoms with van der Waals surface area (Å²) in [5.41, 5.74) is -1.26. The number of hydrogen-bond acceptors (Lipinski definition) is 3. The van der Waals surface area contributed by atoms with Crippen molar-refractivity contribution in [3.05, 3.63) is 0 Å². The second kappa shape index (κ2) is 7.90. The fourth-order valence-corrected chi connectivity index (χ4v) is 7.63. The van der Waals surface area contributed by atoms with E-state index in [0.29, 0.717) is 11.8 Å². The summed E-state index contributed by atoms with van der Waals surface area (Å²) in [5, 5.41) is 11.5. The average molecular weight is 357 g/mol. The number of ether oxygens (including phenoxy) is 1. The third kappa shape index (κ3) is 5.32. The highest BCUT2D eigenvalue weighted by atomic mass is 28.3. The van der Waals surface area contributed by atoms with Crippen molar-refractivity contribution in [2.75, 3.05) is 0 Å². The minimum absolute atomic E-state index is 0.0848. The van der Waals surface area contributed by atoms with Crippen LogP contribution in [0, 0.1) is 23.7 Å². The van der Waals surface area contributed by atoms with Crippen LogP contribution in [0.15, 0.2) is 0 Å². The highest BCUT2D eigenvalue weighted by Gasteiger charge is 2.52. The predicted molar refractivity (Wildman–Crippen MR) is 104 cm³/mol. The summed E-state index contributed by atoms with van der Waals surface area (Å²) in [5.74, 6) is 1.32. The summed E-state index contributed by atoms with van der Waals surface area (Å²) in [7, 11) is -1.93. The number of carbonyl (C=O) groups excluding carboxylic acids is 1. The molecular weight excluding hydrogens is 316 g/mol. The molecule has 0 aromatic heterocycles. The Morgan fingerprint density at radius 1 is 1.04 bits per heavy atom. The Balaban J connectivity index is 3.11. The molecule has 0 saturated heterocycles. The maximum Gasteiger partial charge on any atom is 0.309 e. The molecule has 24 heavy (non-hydrogen) atoms. The Bertz CT molecular complexity index is 407. The minimum atomic E-state index is -1.93. The maximum atomic E-state index is 13.2. The van der Waals surface area contributed by atoms with Crippen molar-refractivity contribution in [1.82, 2.24) is 0 Å². The first kappa shape index (κ1) is 21.7. The van der Waals surface area contributed by atoms with Gasteiger partial charge in [-0.1, -0.05) is 61.2 Å². The van der Waals surface area contributed by atoms with Gasteiger partial charge in [0.2, 0.25) is 0 Å². The number of rotatable bonds is 6. The molecule has 0 radical (unpaired) electrons. The molecule has 0 aromatic carbocycles. The molecule has 3 atom stereocenters. The molecule has 3 nitrogen and oxygen atoms in total. The van der Waals surface area contributed by atoms with Gasteiger partial charge in [0, 0.05) is 0 Å². The van der Waals surface area contributed by atoms with E-state index >= 15 is 0 Å². The van der Waals surface area contributed by atoms with Crippen LogP contribution < -0.4 is 0 Å². The molecule has 1 aliphatic rings. The topological polar surface area (TPSA) is 46.5 Å². The summed E-state index contributed by atoms with van der Waals surface area (Å²) >= 11 is 0. The van der Waals surface area contributed by atoms with E-state index in [-0.39, 0.29) is 29.5 Å². The van der Waals surface area contributed by atoms with Crippen molar-refractivity contribution in [3.8, 4) is 0 Å². The lowest BCUT2D eigenvalue weighted by Crippen LogP contribution is -2.54. The Kier molecular flexibility index (Phi) is 7.14. The molecule has 2 unspecified atom stereocenters. The molecule has 0 aliphatic heterocycles. The van der Waals surface area contributed by atoms with E-state index in [1.165, 1.54) is 0 Å². The van der Waals surface area contributed by atoms with Crippen molar-refractivity contribution in [2.24, 2.45) is 23.7 Å². The smallest absolute Gasteiger partial charge is 0.309 e. The Morgan fingerprint density at radius 3 is 1.79 bits per heavy atom. The van der Waals surface area contributed by atoms with E-state index in [1.807, 2.05) is 0 Å². The molecule has 0 heterocycles. The van der Waals surface area contributed by atoms with Crippen LogP contribution in [-0.4, -0.2) is 30.9 Å². The van der Waals surface area contributed by atoms with Crippen LogP contribution in [-0.2, 0) is 9.53 Å². The zero-order valence-corrected chi connectivity index (χ0v) is 18.3. The molecule has 0 aromatic rings. The van der Waals surface area contributed by atoms with Gasteiger partial charge in [0.25, 0.3) is 0 Å². The maximum absolute atomic E-state index is 13.2. The quantitative estimate of drug-likeness (QED) is 0.531. The fraction of sp³-hybridized carbons (Fsp3) is 0.950. The first-order valence-corrected chi connectivity index (χ1v) is 13.3. The van der Waals surface area contributed by atoms with E-state index in [4.69, 9.17) is 4.74 Å². The van der Waals surface area contributed by atoms with Crippen molar-refractivity contribution in [2.45, 2.75) is 97.7 Å². The largest absolute Gasteiger partial charge is 0.462 e. The van der Waals surface area contributed by atoms with Gasteiger partial charge in [-0.15, -0.1) is 0 Å². The van der Waals surface area contributed by atoms with Gasteiger partial charge in [-0.05, 0) is 42.9 Å². The van der Waals surface area contributed by atoms with Crippen molar-refractivity contribution in [1.29, 1.82) is 0 Å². The zero-order chi connectivity index (χ0) is 18.9. The normalized spacial score (nSPS) is 30.0. The molecule has 0 bridgehead atoms. The van der Waals surface area contributed by atoms with Gasteiger partial charge in [0.15, 0.2) is 0 Å². The SMILES string of the molecule is CC1CC(C)CC(O)([C@H](C(=O)OC(C(C)C)C(C)C)[Si](C)(C)C)C1. The second-order valence-corrected chi connectivity index (χ2v) is 15.5. The lowest BCUT2D eigenvalue weighted by Gasteiger charge is -2.47. The summed E-state index contributed by atoms with van der Waals surface area (Å²) in [6, 6.07) is 0. The minimum Gasteiger partial charge on any atom is -0.462 e. The lowest BCUT2D eigenvalue weighted by molar-refractivity contribution is -0.162. The molecule has 1 saturated carbocycles. The van der Waals surface area contributed by atoms with Gasteiger partial charge in [-0.25, -0.2) is 0 Å². The number of esters is 1. The van der Waals surface area contributed by atoms with E-state index in [1.54, 1.807) is 0 Å². The van der Waals surface area contributed by atoms with Crippen LogP contribution in [0.4, 0.5) is 0 Å². The van der Waals surface area contributed by atoms with E-state index in [9.17, 15) is 9.90 Å². The first-order chi connectivity index (χ1) is 10.8. The first-order valence-electron chi connectivity index (χ1n) is 9.70. The van der Waals surface area contributed by atoms with Crippen LogP contribution in [0.25, 0.3) is 0 Å². The summed E-state index contributed by atoms with van der Waals surface area (Å²) in [6.45, 7) is 19.3. The number of hydrogen-bond donors (Lipinski definition) is 1. The van der Waals surface area contributed by atoms with E-state index in [2.05, 4.69) is 61.2 Å². The monoisotopic (exact) mass is 356 g/mol. The fourth-order valence-electron chi connectivity index (χ4n) is 5.00. The molecule has 142 valence electrons. The van der Waals surface area contributed by atoms with Gasteiger partial charge in [-0.3, -0.25) is 4.79 Å². The van der Waals surface area contributed by atoms with Crippen molar-refractivity contribution < 1.29 is 14.6 Å². The van der Waals surface area contributed by atoms with Gasteiger partial charge in [-0.2, -0.15) is 0 Å². The molecule has 4 heteroatoms. The zero-order valence-electron chi connectivity index (χ0n) is 17.3. The summed E-state index contributed by atoms with van der Waals surface area (Å²) < 4.78 is 5.99. The van der Waals surface area contributed by atoms with Gasteiger partial charge < -0.3 is 9.84 Å². The van der Waals surface area contributed by atoms with E-state index < -0.39 is 13.7 Å². The predicted octanol–water partition coefficient (Wildman–Crippen LogP) is 5.11. The van der Waals surface area contributed by atoms with Crippen molar-refractivity contribution in [3.63, 3.8) is 0 Å². The molecule has 0 amide bonds. The van der Waals surface area contributed by atoms with Gasteiger partial charge in [0.1, 0.15) is 6.10 Å². The van der Waals surface area contributed by atoms with Crippen LogP contribution in [0.2, 0.25) is 25.2 Å². The van der Waals surface area contributed by atoms with Crippen molar-refractivity contribution >= 4 is 14.0 Å². The standard InChI is InChI=1S/C20H40O3Si/c1-13(2)17(14(3)4)23-19(21)18(24(7,8)9)20(22)11-15(5)10-16(6)12-20/h13-18,22H,10-12H2,1-9H3/t15?,16?,18-,20?/m0/s1. The molecule has 1 N–H and O–H groups in total. The summed E-state index contributed by atoms with van der Waals surface area (Å²) in [4.78, 5) is 13.2. The van der Waals surface area contributed by atoms with Crippen LogP contribution in [0.1, 0.15) is 60.8 Å². The summed E-state index contributed by atoms with van der Waals surface area (Å²) in [6.07, 6.45) is 2.49.